The van der Waals surface area contributed by atoms with Gasteiger partial charge in [-0.15, -0.1) is 11.8 Å². The quantitative estimate of drug-likeness (QED) is 0.463. The van der Waals surface area contributed by atoms with Crippen LogP contribution < -0.4 is 10.1 Å². The molecule has 7 nitrogen and oxygen atoms in total. The van der Waals surface area contributed by atoms with Crippen LogP contribution in [0.5, 0.6) is 5.75 Å². The molecule has 4 rings (SSSR count). The normalized spacial score (nSPS) is 19.5. The highest BCUT2D eigenvalue weighted by molar-refractivity contribution is 8.00. The number of allylic oxidation sites excluding steroid dienone is 2. The summed E-state index contributed by atoms with van der Waals surface area (Å²) in [6.07, 6.45) is 3.84. The molecule has 0 aliphatic carbocycles. The lowest BCUT2D eigenvalue weighted by molar-refractivity contribution is -0.153. The van der Waals surface area contributed by atoms with Gasteiger partial charge in [-0.3, -0.25) is 14.5 Å². The number of carbonyl (C=O) groups is 3. The smallest absolute Gasteiger partial charge is 0.355 e. The fourth-order valence-corrected chi connectivity index (χ4v) is 5.22. The van der Waals surface area contributed by atoms with Crippen molar-refractivity contribution in [1.29, 1.82) is 0 Å². The number of hydrogen-bond acceptors (Lipinski definition) is 6. The van der Waals surface area contributed by atoms with Crippen molar-refractivity contribution in [2.45, 2.75) is 31.4 Å². The first kappa shape index (κ1) is 23.6. The van der Waals surface area contributed by atoms with Crippen molar-refractivity contribution in [3.05, 3.63) is 89.1 Å². The Morgan fingerprint density at radius 2 is 1.85 bits per heavy atom. The molecule has 0 saturated carbocycles. The maximum absolute atomic E-state index is 13.1. The van der Waals surface area contributed by atoms with Crippen LogP contribution in [0, 0.1) is 0 Å². The van der Waals surface area contributed by atoms with Gasteiger partial charge in [0.25, 0.3) is 5.91 Å². The maximum Gasteiger partial charge on any atom is 0.355 e. The monoisotopic (exact) mass is 478 g/mol. The van der Waals surface area contributed by atoms with E-state index in [0.29, 0.717) is 11.5 Å². The minimum absolute atomic E-state index is 0.0759. The summed E-state index contributed by atoms with van der Waals surface area (Å²) in [5, 5.41) is 2.49. The lowest BCUT2D eigenvalue weighted by Crippen LogP contribution is -2.70. The highest BCUT2D eigenvalue weighted by atomic mass is 32.2. The Labute approximate surface area is 202 Å². The first-order chi connectivity index (χ1) is 16.5. The van der Waals surface area contributed by atoms with Crippen molar-refractivity contribution in [2.75, 3.05) is 12.9 Å². The Hall–Kier alpha value is -3.52. The zero-order valence-electron chi connectivity index (χ0n) is 19.0. The number of nitrogens with one attached hydrogen (secondary N) is 1. The SMILES string of the molecule is CC=CC1=C(C(=O)OCc2ccc(OC)cc2)N2C(=O)C(NC(=O)Cc3ccccc3)[C@@H]2SC1. The summed E-state index contributed by atoms with van der Waals surface area (Å²) in [6, 6.07) is 15.9. The number of ether oxygens (including phenoxy) is 2. The predicted molar refractivity (Wildman–Crippen MR) is 130 cm³/mol. The molecular formula is C26H26N2O5S. The van der Waals surface area contributed by atoms with Gasteiger partial charge >= 0.3 is 5.97 Å². The molecule has 0 radical (unpaired) electrons. The zero-order chi connectivity index (χ0) is 24.1. The van der Waals surface area contributed by atoms with Gasteiger partial charge in [0.05, 0.1) is 13.5 Å². The predicted octanol–water partition coefficient (Wildman–Crippen LogP) is 3.21. The molecule has 0 bridgehead atoms. The summed E-state index contributed by atoms with van der Waals surface area (Å²) in [5.41, 5.74) is 2.66. The van der Waals surface area contributed by atoms with Gasteiger partial charge in [0.2, 0.25) is 5.91 Å². The lowest BCUT2D eigenvalue weighted by atomic mass is 10.0. The molecule has 0 spiro atoms. The van der Waals surface area contributed by atoms with Gasteiger partial charge in [-0.2, -0.15) is 0 Å². The van der Waals surface area contributed by atoms with E-state index in [1.165, 1.54) is 16.7 Å². The molecule has 176 valence electrons. The standard InChI is InChI=1S/C26H26N2O5S/c1-3-7-19-16-34-25-22(27-21(29)14-17-8-5-4-6-9-17)24(30)28(25)23(19)26(31)33-15-18-10-12-20(32-2)13-11-18/h3-13,22,25H,14-16H2,1-2H3,(H,27,29)/t22?,25-/m0/s1. The number of fused-ring (bicyclic) bond motifs is 1. The second-order valence-corrected chi connectivity index (χ2v) is 9.02. The third-order valence-electron chi connectivity index (χ3n) is 5.61. The number of esters is 1. The Morgan fingerprint density at radius 1 is 1.12 bits per heavy atom. The molecule has 8 heteroatoms. The van der Waals surface area contributed by atoms with E-state index in [0.717, 1.165) is 16.7 Å². The molecule has 2 amide bonds. The van der Waals surface area contributed by atoms with Crippen molar-refractivity contribution in [1.82, 2.24) is 10.2 Å². The topological polar surface area (TPSA) is 84.9 Å². The molecule has 2 atom stereocenters. The average molecular weight is 479 g/mol. The van der Waals surface area contributed by atoms with E-state index in [1.807, 2.05) is 61.5 Å². The van der Waals surface area contributed by atoms with Crippen molar-refractivity contribution in [2.24, 2.45) is 0 Å². The van der Waals surface area contributed by atoms with E-state index in [4.69, 9.17) is 9.47 Å². The van der Waals surface area contributed by atoms with Crippen molar-refractivity contribution in [3.8, 4) is 5.75 Å². The number of β-lactam (4-membered cyclic amide) rings is 1. The Bertz CT molecular complexity index is 1130. The second-order valence-electron chi connectivity index (χ2n) is 7.92. The number of methoxy groups -OCH3 is 1. The molecule has 1 unspecified atom stereocenters. The van der Waals surface area contributed by atoms with Gasteiger partial charge in [0, 0.05) is 5.75 Å². The third-order valence-corrected chi connectivity index (χ3v) is 6.91. The summed E-state index contributed by atoms with van der Waals surface area (Å²) in [7, 11) is 1.59. The number of thioether (sulfide) groups is 1. The maximum atomic E-state index is 13.1. The fourth-order valence-electron chi connectivity index (χ4n) is 3.91. The summed E-state index contributed by atoms with van der Waals surface area (Å²) in [6.45, 7) is 1.93. The lowest BCUT2D eigenvalue weighted by Gasteiger charge is -2.49. The van der Waals surface area contributed by atoms with Crippen LogP contribution in [0.4, 0.5) is 0 Å². The van der Waals surface area contributed by atoms with Crippen LogP contribution in [0.25, 0.3) is 0 Å². The van der Waals surface area contributed by atoms with Crippen LogP contribution in [0.3, 0.4) is 0 Å². The first-order valence-electron chi connectivity index (χ1n) is 11.0. The minimum atomic E-state index is -0.669. The van der Waals surface area contributed by atoms with Crippen LogP contribution in [-0.4, -0.2) is 47.0 Å². The number of rotatable bonds is 8. The summed E-state index contributed by atoms with van der Waals surface area (Å²) < 4.78 is 10.7. The average Bonchev–Trinajstić information content (AvgIpc) is 2.86. The van der Waals surface area contributed by atoms with Crippen molar-refractivity contribution >= 4 is 29.5 Å². The molecule has 2 aliphatic rings. The number of hydrogen-bond donors (Lipinski definition) is 1. The molecule has 34 heavy (non-hydrogen) atoms. The van der Waals surface area contributed by atoms with E-state index in [1.54, 1.807) is 19.2 Å². The molecular weight excluding hydrogens is 452 g/mol. The van der Waals surface area contributed by atoms with Gasteiger partial charge in [-0.05, 0) is 35.8 Å². The van der Waals surface area contributed by atoms with Gasteiger partial charge in [0.1, 0.15) is 29.5 Å². The van der Waals surface area contributed by atoms with E-state index < -0.39 is 12.0 Å². The third kappa shape index (κ3) is 5.02. The molecule has 1 N–H and O–H groups in total. The number of carbonyl (C=O) groups excluding carboxylic acids is 3. The van der Waals surface area contributed by atoms with Gasteiger partial charge in [-0.1, -0.05) is 54.6 Å². The molecule has 0 aromatic heterocycles. The Balaban J connectivity index is 1.44. The molecule has 2 aromatic carbocycles. The van der Waals surface area contributed by atoms with Crippen LogP contribution in [0.1, 0.15) is 18.1 Å². The van der Waals surface area contributed by atoms with Crippen LogP contribution in [0.15, 0.2) is 78.0 Å². The minimum Gasteiger partial charge on any atom is -0.497 e. The van der Waals surface area contributed by atoms with Crippen LogP contribution in [0.2, 0.25) is 0 Å². The Morgan fingerprint density at radius 3 is 2.53 bits per heavy atom. The number of amides is 2. The molecule has 2 aliphatic heterocycles. The van der Waals surface area contributed by atoms with Crippen LogP contribution in [-0.2, 0) is 32.1 Å². The van der Waals surface area contributed by atoms with Crippen molar-refractivity contribution in [3.63, 3.8) is 0 Å². The van der Waals surface area contributed by atoms with Gasteiger partial charge < -0.3 is 14.8 Å². The molecule has 2 aromatic rings. The fraction of sp³-hybridized carbons (Fsp3) is 0.269. The summed E-state index contributed by atoms with van der Waals surface area (Å²) in [5.74, 6) is 0.161. The largest absolute Gasteiger partial charge is 0.497 e. The van der Waals surface area contributed by atoms with Gasteiger partial charge in [-0.25, -0.2) is 4.79 Å². The van der Waals surface area contributed by atoms with E-state index in [9.17, 15) is 14.4 Å². The van der Waals surface area contributed by atoms with E-state index >= 15 is 0 Å². The molecule has 2 heterocycles. The van der Waals surface area contributed by atoms with Crippen molar-refractivity contribution < 1.29 is 23.9 Å². The first-order valence-corrected chi connectivity index (χ1v) is 12.0. The van der Waals surface area contributed by atoms with Gasteiger partial charge in [0.15, 0.2) is 0 Å². The zero-order valence-corrected chi connectivity index (χ0v) is 19.8. The molecule has 1 saturated heterocycles. The molecule has 1 fully saturated rings. The Kier molecular flexibility index (Phi) is 7.37. The van der Waals surface area contributed by atoms with E-state index in [2.05, 4.69) is 5.32 Å². The van der Waals surface area contributed by atoms with Crippen LogP contribution >= 0.6 is 11.8 Å². The second kappa shape index (κ2) is 10.6. The summed E-state index contributed by atoms with van der Waals surface area (Å²) in [4.78, 5) is 40.0. The number of nitrogens with zero attached hydrogens (tertiary/aromatic N) is 1. The highest BCUT2D eigenvalue weighted by Crippen LogP contribution is 2.41. The van der Waals surface area contributed by atoms with E-state index in [-0.39, 0.29) is 35.9 Å². The summed E-state index contributed by atoms with van der Waals surface area (Å²) >= 11 is 1.52. The highest BCUT2D eigenvalue weighted by Gasteiger charge is 2.54. The number of benzene rings is 2.